The number of hydrogen-bond donors (Lipinski definition) is 4. The number of benzene rings is 2. The van der Waals surface area contributed by atoms with Crippen LogP contribution in [0.5, 0.6) is 0 Å². The minimum absolute atomic E-state index is 0.170. The van der Waals surface area contributed by atoms with E-state index >= 15 is 0 Å². The molecule has 0 saturated heterocycles. The first-order valence-corrected chi connectivity index (χ1v) is 13.4. The van der Waals surface area contributed by atoms with Crippen molar-refractivity contribution in [2.24, 2.45) is 18.1 Å². The first-order valence-electron chi connectivity index (χ1n) is 13.4. The second-order valence-electron chi connectivity index (χ2n) is 11.5. The molecule has 3 heterocycles. The molecule has 0 radical (unpaired) electrons. The van der Waals surface area contributed by atoms with Gasteiger partial charge in [-0.15, -0.1) is 0 Å². The van der Waals surface area contributed by atoms with Crippen LogP contribution in [0.1, 0.15) is 47.8 Å². The van der Waals surface area contributed by atoms with Crippen molar-refractivity contribution < 1.29 is 19.1 Å². The minimum Gasteiger partial charge on any atom is -0.444 e. The molecule has 1 aliphatic heterocycles. The number of aromatic amines is 1. The quantitative estimate of drug-likeness (QED) is 0.297. The lowest BCUT2D eigenvalue weighted by atomic mass is 9.95. The number of ether oxygens (including phenoxy) is 1. The highest BCUT2D eigenvalue weighted by Crippen LogP contribution is 2.35. The molecule has 4 aromatic rings. The first-order chi connectivity index (χ1) is 19.6. The predicted molar refractivity (Wildman–Crippen MR) is 155 cm³/mol. The third-order valence-corrected chi connectivity index (χ3v) is 7.31. The van der Waals surface area contributed by atoms with E-state index in [9.17, 15) is 14.4 Å². The number of nitrogens with zero attached hydrogens (tertiary/aromatic N) is 3. The maximum absolute atomic E-state index is 13.8. The Morgan fingerprint density at radius 3 is 2.54 bits per heavy atom. The van der Waals surface area contributed by atoms with Crippen LogP contribution < -0.4 is 16.1 Å². The lowest BCUT2D eigenvalue weighted by molar-refractivity contribution is -0.119. The van der Waals surface area contributed by atoms with E-state index in [0.717, 1.165) is 27.9 Å². The van der Waals surface area contributed by atoms with Gasteiger partial charge >= 0.3 is 6.09 Å². The van der Waals surface area contributed by atoms with Gasteiger partial charge < -0.3 is 20.4 Å². The summed E-state index contributed by atoms with van der Waals surface area (Å²) in [6.45, 7) is 5.32. The molecular formula is C30H31N7O4. The smallest absolute Gasteiger partial charge is 0.408 e. The van der Waals surface area contributed by atoms with Crippen LogP contribution in [0.3, 0.4) is 0 Å². The van der Waals surface area contributed by atoms with Crippen molar-refractivity contribution in [2.45, 2.75) is 45.3 Å². The molecule has 0 fully saturated rings. The van der Waals surface area contributed by atoms with Crippen LogP contribution in [0, 0.1) is 5.92 Å². The average Bonchev–Trinajstić information content (AvgIpc) is 3.59. The summed E-state index contributed by atoms with van der Waals surface area (Å²) in [6, 6.07) is 10.6. The maximum Gasteiger partial charge on any atom is 0.408 e. The van der Waals surface area contributed by atoms with Gasteiger partial charge in [0.05, 0.1) is 23.7 Å². The zero-order valence-electron chi connectivity index (χ0n) is 23.2. The highest BCUT2D eigenvalue weighted by atomic mass is 16.6. The molecule has 6 rings (SSSR count). The number of H-pyrrole nitrogens is 1. The molecule has 41 heavy (non-hydrogen) atoms. The van der Waals surface area contributed by atoms with Gasteiger partial charge in [-0.05, 0) is 62.8 Å². The number of anilines is 1. The van der Waals surface area contributed by atoms with Crippen LogP contribution in [-0.4, -0.2) is 50.5 Å². The van der Waals surface area contributed by atoms with Gasteiger partial charge in [-0.2, -0.15) is 10.2 Å². The van der Waals surface area contributed by atoms with Crippen molar-refractivity contribution in [3.8, 4) is 11.3 Å². The van der Waals surface area contributed by atoms with E-state index < -0.39 is 29.6 Å². The Labute approximate surface area is 236 Å². The van der Waals surface area contributed by atoms with Crippen molar-refractivity contribution in [2.75, 3.05) is 5.32 Å². The molecule has 11 heteroatoms. The van der Waals surface area contributed by atoms with E-state index in [0.29, 0.717) is 35.0 Å². The van der Waals surface area contributed by atoms with Crippen molar-refractivity contribution in [3.63, 3.8) is 0 Å². The van der Waals surface area contributed by atoms with E-state index in [1.807, 2.05) is 37.5 Å². The van der Waals surface area contributed by atoms with Crippen molar-refractivity contribution >= 4 is 40.7 Å². The number of carbonyl (C=O) groups is 3. The van der Waals surface area contributed by atoms with E-state index in [2.05, 4.69) is 31.2 Å². The monoisotopic (exact) mass is 553 g/mol. The molecule has 0 unspecified atom stereocenters. The molecule has 4 N–H and O–H groups in total. The largest absolute Gasteiger partial charge is 0.444 e. The molecule has 1 aliphatic carbocycles. The van der Waals surface area contributed by atoms with Gasteiger partial charge in [-0.1, -0.05) is 24.3 Å². The summed E-state index contributed by atoms with van der Waals surface area (Å²) in [6.07, 6.45) is 5.81. The molecule has 0 saturated carbocycles. The number of nitrogens with one attached hydrogen (secondary N) is 4. The summed E-state index contributed by atoms with van der Waals surface area (Å²) in [5, 5.41) is 14.8. The topological polar surface area (TPSA) is 142 Å². The van der Waals surface area contributed by atoms with Crippen molar-refractivity contribution in [3.05, 3.63) is 71.0 Å². The normalized spacial score (nSPS) is 15.3. The Bertz CT molecular complexity index is 1700. The highest BCUT2D eigenvalue weighted by Gasteiger charge is 2.36. The second-order valence-corrected chi connectivity index (χ2v) is 11.5. The van der Waals surface area contributed by atoms with Gasteiger partial charge in [0.15, 0.2) is 0 Å². The molecule has 0 spiro atoms. The molecule has 0 bridgehead atoms. The molecule has 210 valence electrons. The molecule has 2 aromatic heterocycles. The van der Waals surface area contributed by atoms with Gasteiger partial charge in [-0.25, -0.2) is 10.2 Å². The number of carbonyl (C=O) groups excluding carboxylic acids is 3. The van der Waals surface area contributed by atoms with Crippen LogP contribution >= 0.6 is 0 Å². The number of rotatable bonds is 5. The lowest BCUT2D eigenvalue weighted by Gasteiger charge is -2.26. The Kier molecular flexibility index (Phi) is 6.36. The Morgan fingerprint density at radius 1 is 1.15 bits per heavy atom. The van der Waals surface area contributed by atoms with Gasteiger partial charge in [0.2, 0.25) is 5.91 Å². The summed E-state index contributed by atoms with van der Waals surface area (Å²) in [5.74, 6) is -0.964. The fourth-order valence-electron chi connectivity index (χ4n) is 5.61. The number of hydrogen-bond acceptors (Lipinski definition) is 6. The first kappa shape index (κ1) is 26.3. The van der Waals surface area contributed by atoms with Crippen LogP contribution in [0.2, 0.25) is 0 Å². The van der Waals surface area contributed by atoms with E-state index in [1.54, 1.807) is 50.0 Å². The van der Waals surface area contributed by atoms with Gasteiger partial charge in [0.25, 0.3) is 5.91 Å². The minimum atomic E-state index is -0.866. The van der Waals surface area contributed by atoms with Crippen molar-refractivity contribution in [1.82, 2.24) is 25.5 Å². The molecular weight excluding hydrogens is 522 g/mol. The summed E-state index contributed by atoms with van der Waals surface area (Å²) in [5.41, 5.74) is 7.88. The number of fused-ring (bicyclic) bond motifs is 1. The summed E-state index contributed by atoms with van der Waals surface area (Å²) in [4.78, 5) is 43.0. The fourth-order valence-corrected chi connectivity index (χ4v) is 5.61. The SMILES string of the molecule is Cn1cc(-c2[nH]c3cc(NC(=O)[C@H](NC(=O)OC(C)(C)C)C4Cc5ccccc5C4)cc4c3c2C=NNC4=O)cn1. The number of amides is 3. The maximum atomic E-state index is 13.8. The summed E-state index contributed by atoms with van der Waals surface area (Å²) < 4.78 is 7.18. The van der Waals surface area contributed by atoms with E-state index in [4.69, 9.17) is 4.74 Å². The van der Waals surface area contributed by atoms with Crippen LogP contribution in [0.15, 0.2) is 53.9 Å². The van der Waals surface area contributed by atoms with Crippen LogP contribution in [0.4, 0.5) is 10.5 Å². The molecule has 3 amide bonds. The molecule has 2 aliphatic rings. The van der Waals surface area contributed by atoms with Gasteiger partial charge in [0, 0.05) is 41.0 Å². The molecule has 2 aromatic carbocycles. The van der Waals surface area contributed by atoms with E-state index in [-0.39, 0.29) is 5.92 Å². The van der Waals surface area contributed by atoms with Gasteiger partial charge in [-0.3, -0.25) is 14.3 Å². The average molecular weight is 554 g/mol. The zero-order valence-corrected chi connectivity index (χ0v) is 23.2. The lowest BCUT2D eigenvalue weighted by Crippen LogP contribution is -2.50. The van der Waals surface area contributed by atoms with Crippen molar-refractivity contribution in [1.29, 1.82) is 0 Å². The summed E-state index contributed by atoms with van der Waals surface area (Å²) >= 11 is 0. The van der Waals surface area contributed by atoms with Crippen LogP contribution in [0.25, 0.3) is 22.2 Å². The van der Waals surface area contributed by atoms with Crippen LogP contribution in [-0.2, 0) is 29.4 Å². The Hall–Kier alpha value is -4.93. The molecule has 11 nitrogen and oxygen atoms in total. The number of aromatic nitrogens is 3. The highest BCUT2D eigenvalue weighted by molar-refractivity contribution is 6.18. The zero-order chi connectivity index (χ0) is 28.9. The molecule has 1 atom stereocenters. The Morgan fingerprint density at radius 2 is 1.88 bits per heavy atom. The fraction of sp³-hybridized carbons (Fsp3) is 0.300. The Balaban J connectivity index is 1.34. The predicted octanol–water partition coefficient (Wildman–Crippen LogP) is 3.89. The third kappa shape index (κ3) is 5.18. The number of alkyl carbamates (subject to hydrolysis) is 1. The van der Waals surface area contributed by atoms with E-state index in [1.165, 1.54) is 0 Å². The summed E-state index contributed by atoms with van der Waals surface area (Å²) in [7, 11) is 1.83. The number of aryl methyl sites for hydroxylation is 1. The second kappa shape index (κ2) is 9.92. The standard InChI is InChI=1S/C30H31N7O4/c1-30(2,3)41-29(40)35-26(18-9-16-7-5-6-8-17(16)10-18)28(39)33-20-11-21-24-22(14-31-36-27(21)38)25(34-23(24)12-20)19-13-32-37(4)15-19/h5-8,11-15,18,26,34H,9-10H2,1-4H3,(H,33,39)(H,35,40)(H,36,38)/t26-/m1/s1. The third-order valence-electron chi connectivity index (χ3n) is 7.31. The number of hydrazone groups is 1. The van der Waals surface area contributed by atoms with Gasteiger partial charge in [0.1, 0.15) is 11.6 Å².